The Morgan fingerprint density at radius 2 is 2.16 bits per heavy atom. The fourth-order valence-corrected chi connectivity index (χ4v) is 1.61. The Balaban J connectivity index is 2.00. The van der Waals surface area contributed by atoms with Gasteiger partial charge in [0.1, 0.15) is 0 Å². The van der Waals surface area contributed by atoms with Gasteiger partial charge in [-0.15, -0.1) is 5.10 Å². The van der Waals surface area contributed by atoms with E-state index >= 15 is 0 Å². The average molecular weight is 260 g/mol. The molecule has 1 heterocycles. The third-order valence-corrected chi connectivity index (χ3v) is 2.67. The van der Waals surface area contributed by atoms with Crippen molar-refractivity contribution in [1.29, 1.82) is 0 Å². The van der Waals surface area contributed by atoms with Crippen LogP contribution in [0.5, 0.6) is 6.01 Å². The molecule has 0 aliphatic carbocycles. The first kappa shape index (κ1) is 13.1. The lowest BCUT2D eigenvalue weighted by Gasteiger charge is -2.10. The maximum atomic E-state index is 12.0. The highest BCUT2D eigenvalue weighted by Crippen LogP contribution is 2.16. The van der Waals surface area contributed by atoms with Gasteiger partial charge in [0.15, 0.2) is 0 Å². The number of anilines is 1. The van der Waals surface area contributed by atoms with Gasteiger partial charge < -0.3 is 4.74 Å². The largest absolute Gasteiger partial charge is 0.463 e. The third kappa shape index (κ3) is 3.31. The van der Waals surface area contributed by atoms with E-state index in [2.05, 4.69) is 20.5 Å². The number of ether oxygens (including phenoxy) is 1. The molecule has 0 saturated heterocycles. The molecule has 0 fully saturated rings. The van der Waals surface area contributed by atoms with Crippen molar-refractivity contribution in [2.45, 2.75) is 19.8 Å². The lowest BCUT2D eigenvalue weighted by atomic mass is 10.0. The lowest BCUT2D eigenvalue weighted by Crippen LogP contribution is -2.19. The summed E-state index contributed by atoms with van der Waals surface area (Å²) >= 11 is 0. The summed E-state index contributed by atoms with van der Waals surface area (Å²) in [4.78, 5) is 16.0. The smallest absolute Gasteiger partial charge is 0.337 e. The molecule has 6 nitrogen and oxygen atoms in total. The van der Waals surface area contributed by atoms with Crippen molar-refractivity contribution in [2.24, 2.45) is 0 Å². The van der Waals surface area contributed by atoms with Crippen molar-refractivity contribution in [3.8, 4) is 6.01 Å². The maximum Gasteiger partial charge on any atom is 0.337 e. The van der Waals surface area contributed by atoms with E-state index in [0.29, 0.717) is 6.61 Å². The minimum absolute atomic E-state index is 0.148. The molecule has 2 aromatic rings. The topological polar surface area (TPSA) is 79.9 Å². The van der Waals surface area contributed by atoms with E-state index in [-0.39, 0.29) is 23.8 Å². The number of carbonyl (C=O) groups is 1. The molecule has 0 aliphatic heterocycles. The van der Waals surface area contributed by atoms with Crippen LogP contribution in [0.3, 0.4) is 0 Å². The molecule has 0 radical (unpaired) electrons. The van der Waals surface area contributed by atoms with Gasteiger partial charge in [-0.2, -0.15) is 4.98 Å². The minimum Gasteiger partial charge on any atom is -0.463 e. The Hall–Kier alpha value is -2.37. The fourth-order valence-electron chi connectivity index (χ4n) is 1.61. The molecule has 1 aromatic heterocycles. The Morgan fingerprint density at radius 3 is 2.84 bits per heavy atom. The molecule has 1 atom stereocenters. The molecule has 1 amide bonds. The van der Waals surface area contributed by atoms with Crippen molar-refractivity contribution in [1.82, 2.24) is 15.2 Å². The molecule has 0 bridgehead atoms. The highest BCUT2D eigenvalue weighted by atomic mass is 16.5. The van der Waals surface area contributed by atoms with Crippen LogP contribution in [0.1, 0.15) is 25.3 Å². The zero-order valence-electron chi connectivity index (χ0n) is 10.9. The van der Waals surface area contributed by atoms with Crippen LogP contribution in [0.25, 0.3) is 0 Å². The molecule has 2 rings (SSSR count). The number of benzene rings is 1. The van der Waals surface area contributed by atoms with Gasteiger partial charge in [0, 0.05) is 0 Å². The van der Waals surface area contributed by atoms with E-state index in [1.54, 1.807) is 0 Å². The van der Waals surface area contributed by atoms with Crippen molar-refractivity contribution < 1.29 is 9.53 Å². The van der Waals surface area contributed by atoms with Crippen LogP contribution < -0.4 is 10.1 Å². The normalized spacial score (nSPS) is 11.9. The van der Waals surface area contributed by atoms with Crippen LogP contribution >= 0.6 is 0 Å². The van der Waals surface area contributed by atoms with Gasteiger partial charge in [0.05, 0.1) is 12.5 Å². The summed E-state index contributed by atoms with van der Waals surface area (Å²) in [5.41, 5.74) is 0.949. The summed E-state index contributed by atoms with van der Waals surface area (Å²) in [5.74, 6) is -0.122. The van der Waals surface area contributed by atoms with Crippen LogP contribution in [0.15, 0.2) is 30.3 Å². The fraction of sp³-hybridized carbons (Fsp3) is 0.308. The predicted octanol–water partition coefficient (Wildman–Crippen LogP) is 1.95. The number of hydrogen-bond donors (Lipinski definition) is 2. The van der Waals surface area contributed by atoms with Crippen LogP contribution in [0, 0.1) is 0 Å². The third-order valence-electron chi connectivity index (χ3n) is 2.67. The van der Waals surface area contributed by atoms with Crippen LogP contribution in [0.2, 0.25) is 0 Å². The van der Waals surface area contributed by atoms with Crippen LogP contribution in [0.4, 0.5) is 5.95 Å². The molecule has 0 spiro atoms. The van der Waals surface area contributed by atoms with E-state index in [4.69, 9.17) is 4.74 Å². The zero-order chi connectivity index (χ0) is 13.7. The zero-order valence-corrected chi connectivity index (χ0v) is 10.9. The number of nitrogens with zero attached hydrogens (tertiary/aromatic N) is 2. The Morgan fingerprint density at radius 1 is 1.42 bits per heavy atom. The summed E-state index contributed by atoms with van der Waals surface area (Å²) in [6.07, 6.45) is 0. The standard InChI is InChI=1S/C13H16N4O2/c1-3-19-13-15-12(16-17-13)14-11(18)9(2)10-7-5-4-6-8-10/h4-9H,3H2,1-2H3,(H2,14,15,16,17,18). The molecule has 1 unspecified atom stereocenters. The molecular formula is C13H16N4O2. The van der Waals surface area contributed by atoms with E-state index in [1.165, 1.54) is 0 Å². The SMILES string of the molecule is CCOc1n[nH]c(NC(=O)C(C)c2ccccc2)n1. The van der Waals surface area contributed by atoms with Gasteiger partial charge in [-0.3, -0.25) is 10.1 Å². The summed E-state index contributed by atoms with van der Waals surface area (Å²) in [6.45, 7) is 4.15. The second-order valence-electron chi connectivity index (χ2n) is 4.02. The second-order valence-corrected chi connectivity index (χ2v) is 4.02. The molecule has 100 valence electrons. The molecule has 19 heavy (non-hydrogen) atoms. The molecule has 0 saturated carbocycles. The van der Waals surface area contributed by atoms with Gasteiger partial charge in [-0.05, 0) is 19.4 Å². The molecule has 1 aromatic carbocycles. The van der Waals surface area contributed by atoms with Crippen LogP contribution in [-0.4, -0.2) is 27.7 Å². The van der Waals surface area contributed by atoms with Gasteiger partial charge in [0.25, 0.3) is 0 Å². The van der Waals surface area contributed by atoms with E-state index in [9.17, 15) is 4.79 Å². The Labute approximate surface area is 111 Å². The van der Waals surface area contributed by atoms with E-state index < -0.39 is 0 Å². The number of rotatable bonds is 5. The number of carbonyl (C=O) groups excluding carboxylic acids is 1. The number of H-pyrrole nitrogens is 1. The predicted molar refractivity (Wildman–Crippen MR) is 71.0 cm³/mol. The van der Waals surface area contributed by atoms with Gasteiger partial charge in [-0.1, -0.05) is 30.3 Å². The lowest BCUT2D eigenvalue weighted by molar-refractivity contribution is -0.117. The number of aromatic amines is 1. The molecule has 6 heteroatoms. The first-order valence-electron chi connectivity index (χ1n) is 6.11. The average Bonchev–Trinajstić information content (AvgIpc) is 2.86. The van der Waals surface area contributed by atoms with Gasteiger partial charge in [0.2, 0.25) is 11.9 Å². The Bertz CT molecular complexity index is 539. The summed E-state index contributed by atoms with van der Waals surface area (Å²) in [5, 5.41) is 9.10. The second kappa shape index (κ2) is 5.99. The maximum absolute atomic E-state index is 12.0. The van der Waals surface area contributed by atoms with E-state index in [0.717, 1.165) is 5.56 Å². The monoisotopic (exact) mass is 260 g/mol. The van der Waals surface area contributed by atoms with Crippen molar-refractivity contribution >= 4 is 11.9 Å². The van der Waals surface area contributed by atoms with Crippen molar-refractivity contribution in [3.05, 3.63) is 35.9 Å². The molecular weight excluding hydrogens is 244 g/mol. The highest BCUT2D eigenvalue weighted by Gasteiger charge is 2.16. The first-order chi connectivity index (χ1) is 9.20. The van der Waals surface area contributed by atoms with Gasteiger partial charge in [-0.25, -0.2) is 5.10 Å². The van der Waals surface area contributed by atoms with Crippen molar-refractivity contribution in [3.63, 3.8) is 0 Å². The molecule has 2 N–H and O–H groups in total. The summed E-state index contributed by atoms with van der Waals surface area (Å²) in [6, 6.07) is 9.78. The summed E-state index contributed by atoms with van der Waals surface area (Å²) in [7, 11) is 0. The summed E-state index contributed by atoms with van der Waals surface area (Å²) < 4.78 is 5.11. The quantitative estimate of drug-likeness (QED) is 0.861. The number of aromatic nitrogens is 3. The van der Waals surface area contributed by atoms with Crippen LogP contribution in [-0.2, 0) is 4.79 Å². The first-order valence-corrected chi connectivity index (χ1v) is 6.11. The Kier molecular flexibility index (Phi) is 4.12. The van der Waals surface area contributed by atoms with Crippen molar-refractivity contribution in [2.75, 3.05) is 11.9 Å². The highest BCUT2D eigenvalue weighted by molar-refractivity contribution is 5.94. The molecule has 0 aliphatic rings. The number of amides is 1. The van der Waals surface area contributed by atoms with Gasteiger partial charge >= 0.3 is 6.01 Å². The van der Waals surface area contributed by atoms with E-state index in [1.807, 2.05) is 44.2 Å². The number of nitrogens with one attached hydrogen (secondary N) is 2. The number of hydrogen-bond acceptors (Lipinski definition) is 4. The minimum atomic E-state index is -0.262.